The molecule has 7 rings (SSSR count). The highest BCUT2D eigenvalue weighted by molar-refractivity contribution is 5.98. The molecule has 0 fully saturated rings. The van der Waals surface area contributed by atoms with Crippen molar-refractivity contribution < 1.29 is 23.8 Å². The molecule has 0 radical (unpaired) electrons. The highest BCUT2D eigenvalue weighted by atomic mass is 16.5. The molecular weight excluding hydrogens is 771 g/mol. The lowest BCUT2D eigenvalue weighted by Gasteiger charge is -2.18. The summed E-state index contributed by atoms with van der Waals surface area (Å²) in [4.78, 5) is 25.9. The number of ether oxygens (including phenoxy) is 2. The Balaban J connectivity index is 0.797. The summed E-state index contributed by atoms with van der Waals surface area (Å²) >= 11 is 0. The van der Waals surface area contributed by atoms with E-state index in [1.54, 1.807) is 9.36 Å². The Morgan fingerprint density at radius 1 is 0.574 bits per heavy atom. The Labute approximate surface area is 354 Å². The quantitative estimate of drug-likeness (QED) is 0.0486. The van der Waals surface area contributed by atoms with E-state index in [0.717, 1.165) is 12.4 Å². The Kier molecular flexibility index (Phi) is 15.1. The summed E-state index contributed by atoms with van der Waals surface area (Å²) in [5.74, 6) is -0.730. The topological polar surface area (TPSA) is 165 Å². The Bertz CT molecular complexity index is 2170. The average molecular weight is 820 g/mol. The number of carbonyl (C=O) groups excluding carboxylic acids is 2. The molecule has 2 amide bonds. The van der Waals surface area contributed by atoms with Crippen molar-refractivity contribution in [3.63, 3.8) is 0 Å². The monoisotopic (exact) mass is 819 g/mol. The highest BCUT2D eigenvalue weighted by Gasteiger charge is 2.18. The van der Waals surface area contributed by atoms with Gasteiger partial charge in [-0.15, -0.1) is 10.2 Å². The molecule has 0 saturated heterocycles. The van der Waals surface area contributed by atoms with Crippen LogP contribution in [-0.4, -0.2) is 68.1 Å². The van der Waals surface area contributed by atoms with Gasteiger partial charge in [0.15, 0.2) is 12.4 Å². The molecule has 3 heterocycles. The van der Waals surface area contributed by atoms with E-state index < -0.39 is 11.8 Å². The second kappa shape index (κ2) is 21.8. The number of pyridine rings is 1. The zero-order valence-electron chi connectivity index (χ0n) is 33.8. The summed E-state index contributed by atoms with van der Waals surface area (Å²) < 4.78 is 16.1. The van der Waals surface area contributed by atoms with E-state index in [9.17, 15) is 14.8 Å². The molecule has 14 heteroatoms. The molecule has 0 bridgehead atoms. The van der Waals surface area contributed by atoms with E-state index in [4.69, 9.17) is 9.47 Å². The molecule has 312 valence electrons. The van der Waals surface area contributed by atoms with E-state index in [1.807, 2.05) is 85.2 Å². The van der Waals surface area contributed by atoms with Crippen molar-refractivity contribution in [2.24, 2.45) is 0 Å². The second-order valence-corrected chi connectivity index (χ2v) is 14.6. The molecule has 0 aliphatic rings. The first-order valence-corrected chi connectivity index (χ1v) is 20.4. The van der Waals surface area contributed by atoms with Gasteiger partial charge in [-0.05, 0) is 41.2 Å². The predicted molar refractivity (Wildman–Crippen MR) is 228 cm³/mol. The summed E-state index contributed by atoms with van der Waals surface area (Å²) in [7, 11) is 0. The third-order valence-corrected chi connectivity index (χ3v) is 10.1. The summed E-state index contributed by atoms with van der Waals surface area (Å²) in [6, 6.07) is 42.5. The van der Waals surface area contributed by atoms with Gasteiger partial charge in [0.1, 0.15) is 22.5 Å². The zero-order valence-corrected chi connectivity index (χ0v) is 33.8. The van der Waals surface area contributed by atoms with Crippen LogP contribution in [0.15, 0.2) is 152 Å². The fraction of sp³-hybridized carbons (Fsp3) is 0.255. The average Bonchev–Trinajstić information content (AvgIpc) is 3.97. The molecule has 61 heavy (non-hydrogen) atoms. The van der Waals surface area contributed by atoms with E-state index in [1.165, 1.54) is 28.3 Å². The van der Waals surface area contributed by atoms with Crippen molar-refractivity contribution in [3.05, 3.63) is 202 Å². The van der Waals surface area contributed by atoms with Crippen molar-refractivity contribution in [1.29, 1.82) is 0 Å². The number of nitrogens with zero attached hydrogens (tertiary/aromatic N) is 7. The van der Waals surface area contributed by atoms with Crippen LogP contribution in [0.4, 0.5) is 0 Å². The molecule has 7 aromatic rings. The van der Waals surface area contributed by atoms with Crippen LogP contribution in [0.1, 0.15) is 79.0 Å². The number of hydrogen-bond donors (Lipinski definition) is 2. The Morgan fingerprint density at radius 3 is 1.30 bits per heavy atom. The van der Waals surface area contributed by atoms with Gasteiger partial charge in [0.2, 0.25) is 0 Å². The summed E-state index contributed by atoms with van der Waals surface area (Å²) in [6.07, 6.45) is 7.09. The maximum Gasteiger partial charge on any atom is 0.257 e. The van der Waals surface area contributed by atoms with Crippen molar-refractivity contribution in [3.8, 4) is 0 Å². The van der Waals surface area contributed by atoms with Gasteiger partial charge in [-0.1, -0.05) is 132 Å². The van der Waals surface area contributed by atoms with Gasteiger partial charge in [0.05, 0.1) is 38.8 Å². The number of carbonyl (C=O) groups is 2. The lowest BCUT2D eigenvalue weighted by atomic mass is 9.92. The first-order valence-electron chi connectivity index (χ1n) is 20.4. The number of aryl methyl sites for hydroxylation is 2. The van der Waals surface area contributed by atoms with Crippen molar-refractivity contribution in [1.82, 2.24) is 40.6 Å². The van der Waals surface area contributed by atoms with E-state index in [2.05, 4.69) is 79.8 Å². The molecule has 0 spiro atoms. The maximum absolute atomic E-state index is 12.9. The van der Waals surface area contributed by atoms with Crippen LogP contribution in [0.25, 0.3) is 0 Å². The molecule has 0 unspecified atom stereocenters. The summed E-state index contributed by atoms with van der Waals surface area (Å²) in [5.41, 5.74) is 6.31. The third-order valence-electron chi connectivity index (χ3n) is 10.1. The van der Waals surface area contributed by atoms with E-state index in [-0.39, 0.29) is 23.0 Å². The number of amides is 2. The molecule has 0 saturated carbocycles. The molecule has 14 nitrogen and oxygen atoms in total. The fourth-order valence-corrected chi connectivity index (χ4v) is 6.99. The smallest absolute Gasteiger partial charge is 0.257 e. The van der Waals surface area contributed by atoms with E-state index >= 15 is 0 Å². The van der Waals surface area contributed by atoms with Crippen LogP contribution < -0.4 is 15.4 Å². The Morgan fingerprint density at radius 2 is 0.934 bits per heavy atom. The number of benzene rings is 4. The zero-order chi connectivity index (χ0) is 42.1. The fourth-order valence-electron chi connectivity index (χ4n) is 6.99. The largest absolute Gasteiger partial charge is 0.619 e. The Hall–Kier alpha value is -7.03. The van der Waals surface area contributed by atoms with Crippen molar-refractivity contribution >= 4 is 11.8 Å². The van der Waals surface area contributed by atoms with Crippen LogP contribution >= 0.6 is 0 Å². The van der Waals surface area contributed by atoms with Crippen LogP contribution in [-0.2, 0) is 35.8 Å². The predicted octanol–water partition coefficient (Wildman–Crippen LogP) is 5.84. The van der Waals surface area contributed by atoms with Crippen molar-refractivity contribution in [2.75, 3.05) is 26.3 Å². The number of nitrogens with one attached hydrogen (secondary N) is 2. The first-order chi connectivity index (χ1) is 30.0. The molecule has 2 N–H and O–H groups in total. The molecule has 0 atom stereocenters. The SMILES string of the molecule is O=C(NCCCn1cc(COCC(c2ccccc2)c2ccccc2)nn1)c1cc(C(=O)NCCCn2cc(COCC(c3ccccc3)c3ccccc3)nn2)c[n+]([O-])c1. The number of hydrogen-bond acceptors (Lipinski definition) is 9. The second-order valence-electron chi connectivity index (χ2n) is 14.6. The van der Waals surface area contributed by atoms with Gasteiger partial charge in [-0.3, -0.25) is 19.0 Å². The van der Waals surface area contributed by atoms with Gasteiger partial charge >= 0.3 is 0 Å². The van der Waals surface area contributed by atoms with Gasteiger partial charge in [0.25, 0.3) is 11.8 Å². The summed E-state index contributed by atoms with van der Waals surface area (Å²) in [6.45, 7) is 3.31. The molecule has 3 aromatic heterocycles. The van der Waals surface area contributed by atoms with Gasteiger partial charge in [-0.2, -0.15) is 4.73 Å². The van der Waals surface area contributed by atoms with Gasteiger partial charge in [0, 0.05) is 38.0 Å². The van der Waals surface area contributed by atoms with Gasteiger partial charge < -0.3 is 25.3 Å². The maximum atomic E-state index is 12.9. The van der Waals surface area contributed by atoms with Crippen LogP contribution in [0.2, 0.25) is 0 Å². The van der Waals surface area contributed by atoms with E-state index in [0.29, 0.717) is 81.6 Å². The molecular formula is C47H49N9O5. The minimum atomic E-state index is -0.458. The normalized spacial score (nSPS) is 11.2. The lowest BCUT2D eigenvalue weighted by molar-refractivity contribution is -0.605. The number of rotatable bonds is 22. The molecule has 0 aliphatic carbocycles. The number of aromatic nitrogens is 7. The minimum Gasteiger partial charge on any atom is -0.619 e. The van der Waals surface area contributed by atoms with Crippen LogP contribution in [0.5, 0.6) is 0 Å². The van der Waals surface area contributed by atoms with Gasteiger partial charge in [-0.25, -0.2) is 0 Å². The van der Waals surface area contributed by atoms with Crippen LogP contribution in [0.3, 0.4) is 0 Å². The lowest BCUT2D eigenvalue weighted by Crippen LogP contribution is -2.34. The molecule has 0 aliphatic heterocycles. The highest BCUT2D eigenvalue weighted by Crippen LogP contribution is 2.26. The third kappa shape index (κ3) is 12.5. The summed E-state index contributed by atoms with van der Waals surface area (Å²) in [5, 5.41) is 34.9. The van der Waals surface area contributed by atoms with Crippen molar-refractivity contribution in [2.45, 2.75) is 51.0 Å². The van der Waals surface area contributed by atoms with Crippen LogP contribution in [0, 0.1) is 5.21 Å². The first kappa shape index (κ1) is 42.1. The minimum absolute atomic E-state index is 0.0865. The molecule has 4 aromatic carbocycles. The standard InChI is InChI=1S/C47H49N9O5/c57-46(48-23-13-25-54-30-42(50-52-54)32-60-34-44(36-15-5-1-6-16-36)37-17-7-2-8-18-37)40-27-41(29-56(59)28-40)47(58)49-24-14-26-55-31-43(51-53-55)33-61-35-45(38-19-9-3-10-20-38)39-21-11-4-12-22-39/h1-12,15-22,27-31,44-45H,13-14,23-26,32-35H2,(H,48,57)(H,49,58).